The van der Waals surface area contributed by atoms with Gasteiger partial charge in [-0.15, -0.1) is 13.2 Å². The van der Waals surface area contributed by atoms with Crippen LogP contribution in [0.25, 0.3) is 0 Å². The number of nitrogens with zero attached hydrogens (tertiary/aromatic N) is 3. The Kier molecular flexibility index (Phi) is 7.65. The minimum atomic E-state index is -0.989. The van der Waals surface area contributed by atoms with E-state index in [4.69, 9.17) is 4.74 Å². The maximum atomic E-state index is 12.6. The van der Waals surface area contributed by atoms with Crippen molar-refractivity contribution in [3.05, 3.63) is 61.7 Å². The van der Waals surface area contributed by atoms with E-state index >= 15 is 0 Å². The molecule has 2 aromatic rings. The lowest BCUT2D eigenvalue weighted by atomic mass is 10.0. The van der Waals surface area contributed by atoms with Gasteiger partial charge < -0.3 is 20.5 Å². The molecule has 0 aromatic carbocycles. The lowest BCUT2D eigenvalue weighted by Gasteiger charge is -2.21. The van der Waals surface area contributed by atoms with Crippen LogP contribution in [0.3, 0.4) is 0 Å². The molecule has 0 aliphatic carbocycles. The number of hydrogen-bond acceptors (Lipinski definition) is 7. The zero-order chi connectivity index (χ0) is 20.4. The second-order valence-electron chi connectivity index (χ2n) is 6.36. The van der Waals surface area contributed by atoms with Gasteiger partial charge in [-0.25, -0.2) is 9.97 Å². The third-order valence-corrected chi connectivity index (χ3v) is 3.71. The molecule has 0 radical (unpaired) electrons. The molecule has 0 saturated heterocycles. The summed E-state index contributed by atoms with van der Waals surface area (Å²) >= 11 is 0. The van der Waals surface area contributed by atoms with E-state index < -0.39 is 11.5 Å². The molecule has 148 valence electrons. The summed E-state index contributed by atoms with van der Waals surface area (Å²) in [5, 5.41) is 15.8. The third-order valence-electron chi connectivity index (χ3n) is 3.71. The average Bonchev–Trinajstić information content (AvgIpc) is 2.68. The monoisotopic (exact) mass is 383 g/mol. The molecule has 3 N–H and O–H groups in total. The van der Waals surface area contributed by atoms with Crippen molar-refractivity contribution < 1.29 is 14.6 Å². The molecule has 0 unspecified atom stereocenters. The van der Waals surface area contributed by atoms with Gasteiger partial charge in [0.05, 0.1) is 18.4 Å². The Labute approximate surface area is 164 Å². The number of carbonyl (C=O) groups is 1. The van der Waals surface area contributed by atoms with Crippen molar-refractivity contribution in [1.29, 1.82) is 0 Å². The lowest BCUT2D eigenvalue weighted by Crippen LogP contribution is -2.33. The van der Waals surface area contributed by atoms with Crippen molar-refractivity contribution in [3.8, 4) is 5.75 Å². The quantitative estimate of drug-likeness (QED) is 0.404. The number of rotatable bonds is 11. The first-order chi connectivity index (χ1) is 13.4. The van der Waals surface area contributed by atoms with E-state index in [1.165, 1.54) is 18.5 Å². The summed E-state index contributed by atoms with van der Waals surface area (Å²) < 4.78 is 5.63. The van der Waals surface area contributed by atoms with Crippen molar-refractivity contribution in [3.63, 3.8) is 0 Å². The summed E-state index contributed by atoms with van der Waals surface area (Å²) in [5.41, 5.74) is -0.378. The van der Waals surface area contributed by atoms with Crippen molar-refractivity contribution in [2.24, 2.45) is 0 Å². The Morgan fingerprint density at radius 3 is 2.89 bits per heavy atom. The number of aromatic nitrogens is 3. The lowest BCUT2D eigenvalue weighted by molar-refractivity contribution is 0.0769. The van der Waals surface area contributed by atoms with Crippen molar-refractivity contribution >= 4 is 17.5 Å². The van der Waals surface area contributed by atoms with Gasteiger partial charge in [-0.2, -0.15) is 0 Å². The van der Waals surface area contributed by atoms with Crippen LogP contribution in [0.1, 0.15) is 30.3 Å². The van der Waals surface area contributed by atoms with E-state index in [2.05, 4.69) is 38.7 Å². The van der Waals surface area contributed by atoms with E-state index in [-0.39, 0.29) is 18.2 Å². The number of amides is 1. The molecule has 8 nitrogen and oxygen atoms in total. The molecule has 2 aromatic heterocycles. The van der Waals surface area contributed by atoms with Crippen LogP contribution < -0.4 is 15.4 Å². The summed E-state index contributed by atoms with van der Waals surface area (Å²) in [4.78, 5) is 24.8. The predicted molar refractivity (Wildman–Crippen MR) is 108 cm³/mol. The molecule has 0 spiro atoms. The van der Waals surface area contributed by atoms with Crippen LogP contribution in [0.4, 0.5) is 11.6 Å². The van der Waals surface area contributed by atoms with Gasteiger partial charge in [0.2, 0.25) is 5.95 Å². The molecular weight excluding hydrogens is 358 g/mol. The maximum Gasteiger partial charge on any atom is 0.274 e. The third kappa shape index (κ3) is 6.48. The van der Waals surface area contributed by atoms with Crippen LogP contribution in [0, 0.1) is 0 Å². The Morgan fingerprint density at radius 1 is 1.32 bits per heavy atom. The van der Waals surface area contributed by atoms with Crippen LogP contribution in [-0.4, -0.2) is 44.7 Å². The summed E-state index contributed by atoms with van der Waals surface area (Å²) in [5.74, 6) is 0.327. The van der Waals surface area contributed by atoms with Crippen LogP contribution in [0.15, 0.2) is 56.0 Å². The summed E-state index contributed by atoms with van der Waals surface area (Å²) in [6.45, 7) is 9.60. The second kappa shape index (κ2) is 10.2. The van der Waals surface area contributed by atoms with E-state index in [1.807, 2.05) is 0 Å². The Bertz CT molecular complexity index is 823. The van der Waals surface area contributed by atoms with Crippen LogP contribution in [0.5, 0.6) is 5.75 Å². The van der Waals surface area contributed by atoms with Gasteiger partial charge in [0.15, 0.2) is 0 Å². The Balaban J connectivity index is 2.05. The number of ether oxygens (including phenoxy) is 1. The van der Waals surface area contributed by atoms with E-state index in [0.29, 0.717) is 30.9 Å². The highest BCUT2D eigenvalue weighted by molar-refractivity contribution is 6.03. The van der Waals surface area contributed by atoms with Crippen LogP contribution in [0.2, 0.25) is 0 Å². The van der Waals surface area contributed by atoms with Gasteiger partial charge in [-0.1, -0.05) is 12.2 Å². The van der Waals surface area contributed by atoms with Gasteiger partial charge in [0.25, 0.3) is 5.91 Å². The fourth-order valence-corrected chi connectivity index (χ4v) is 2.26. The Morgan fingerprint density at radius 2 is 2.14 bits per heavy atom. The smallest absolute Gasteiger partial charge is 0.274 e. The first-order valence-electron chi connectivity index (χ1n) is 8.84. The van der Waals surface area contributed by atoms with Gasteiger partial charge in [0.1, 0.15) is 17.1 Å². The molecule has 0 saturated carbocycles. The standard InChI is InChI=1S/C20H25N5O3/c1-4-6-12-28-17-8-10-21-13-16(17)24-18(26)15-7-11-22-19(25-15)23-14-20(3,27)9-5-2/h4-5,7-8,10-11,13,27H,1-2,6,9,12,14H2,3H3,(H,24,26)(H,22,23,25)/t20-/m0/s1. The van der Waals surface area contributed by atoms with Crippen molar-refractivity contribution in [2.75, 3.05) is 23.8 Å². The maximum absolute atomic E-state index is 12.6. The topological polar surface area (TPSA) is 109 Å². The van der Waals surface area contributed by atoms with Gasteiger partial charge in [-0.3, -0.25) is 9.78 Å². The molecule has 0 aliphatic rings. The SMILES string of the molecule is C=CCCOc1ccncc1NC(=O)c1ccnc(NC[C@@](C)(O)CC=C)n1. The number of pyridine rings is 1. The predicted octanol–water partition coefficient (Wildman–Crippen LogP) is 2.82. The van der Waals surface area contributed by atoms with Crippen molar-refractivity contribution in [1.82, 2.24) is 15.0 Å². The molecule has 0 bridgehead atoms. The largest absolute Gasteiger partial charge is 0.491 e. The normalized spacial score (nSPS) is 12.5. The highest BCUT2D eigenvalue weighted by Gasteiger charge is 2.19. The van der Waals surface area contributed by atoms with Crippen LogP contribution in [-0.2, 0) is 0 Å². The highest BCUT2D eigenvalue weighted by Crippen LogP contribution is 2.23. The molecular formula is C20H25N5O3. The minimum Gasteiger partial charge on any atom is -0.491 e. The number of carbonyl (C=O) groups excluding carboxylic acids is 1. The number of anilines is 2. The minimum absolute atomic E-state index is 0.168. The molecule has 8 heteroatoms. The van der Waals surface area contributed by atoms with E-state index in [1.54, 1.807) is 31.3 Å². The number of hydrogen-bond donors (Lipinski definition) is 3. The zero-order valence-electron chi connectivity index (χ0n) is 15.9. The van der Waals surface area contributed by atoms with Crippen LogP contribution >= 0.6 is 0 Å². The Hall–Kier alpha value is -3.26. The number of aliphatic hydroxyl groups is 1. The fourth-order valence-electron chi connectivity index (χ4n) is 2.26. The first kappa shape index (κ1) is 21.0. The molecule has 0 aliphatic heterocycles. The number of nitrogens with one attached hydrogen (secondary N) is 2. The molecule has 0 fully saturated rings. The summed E-state index contributed by atoms with van der Waals surface area (Å²) in [6, 6.07) is 3.17. The molecule has 1 amide bonds. The summed E-state index contributed by atoms with van der Waals surface area (Å²) in [6.07, 6.45) is 9.05. The summed E-state index contributed by atoms with van der Waals surface area (Å²) in [7, 11) is 0. The molecule has 2 heterocycles. The van der Waals surface area contributed by atoms with Gasteiger partial charge in [-0.05, 0) is 25.8 Å². The van der Waals surface area contributed by atoms with Gasteiger partial charge in [0, 0.05) is 25.0 Å². The molecule has 1 atom stereocenters. The van der Waals surface area contributed by atoms with E-state index in [9.17, 15) is 9.90 Å². The highest BCUT2D eigenvalue weighted by atomic mass is 16.5. The van der Waals surface area contributed by atoms with Gasteiger partial charge >= 0.3 is 0 Å². The fraction of sp³-hybridized carbons (Fsp3) is 0.300. The average molecular weight is 383 g/mol. The molecule has 28 heavy (non-hydrogen) atoms. The van der Waals surface area contributed by atoms with Crippen molar-refractivity contribution in [2.45, 2.75) is 25.4 Å². The van der Waals surface area contributed by atoms with E-state index in [0.717, 1.165) is 0 Å². The molecule has 2 rings (SSSR count). The first-order valence-corrected chi connectivity index (χ1v) is 8.84. The second-order valence-corrected chi connectivity index (χ2v) is 6.36. The zero-order valence-corrected chi connectivity index (χ0v) is 15.9.